The van der Waals surface area contributed by atoms with E-state index in [-0.39, 0.29) is 17.3 Å². The third-order valence-corrected chi connectivity index (χ3v) is 6.52. The molecule has 0 aliphatic rings. The molecule has 5 aromatic rings. The number of hydrogen-bond donors (Lipinski definition) is 0. The van der Waals surface area contributed by atoms with E-state index in [9.17, 15) is 9.18 Å². The molecule has 0 amide bonds. The van der Waals surface area contributed by atoms with Gasteiger partial charge in [-0.05, 0) is 48.2 Å². The van der Waals surface area contributed by atoms with Crippen LogP contribution in [-0.2, 0) is 13.1 Å². The van der Waals surface area contributed by atoms with Crippen LogP contribution in [-0.4, -0.2) is 14.1 Å². The third kappa shape index (κ3) is 3.93. The topological polar surface area (TPSA) is 39.8 Å². The molecule has 1 unspecified atom stereocenters. The Morgan fingerprint density at radius 2 is 1.85 bits per heavy atom. The molecule has 0 saturated carbocycles. The van der Waals surface area contributed by atoms with Gasteiger partial charge in [0.15, 0.2) is 0 Å². The first kappa shape index (κ1) is 21.4. The number of hydrogen-bond acceptors (Lipinski definition) is 2. The van der Waals surface area contributed by atoms with Crippen LogP contribution in [0, 0.1) is 12.7 Å². The van der Waals surface area contributed by atoms with E-state index in [0.29, 0.717) is 29.1 Å². The van der Waals surface area contributed by atoms with Crippen LogP contribution >= 0.6 is 11.6 Å². The molecule has 1 atom stereocenters. The van der Waals surface area contributed by atoms with Gasteiger partial charge in [0.2, 0.25) is 0 Å². The Hall–Kier alpha value is -3.44. The maximum Gasteiger partial charge on any atom is 0.277 e. The lowest BCUT2D eigenvalue weighted by Gasteiger charge is -2.14. The summed E-state index contributed by atoms with van der Waals surface area (Å²) >= 11 is 6.33. The van der Waals surface area contributed by atoms with Crippen molar-refractivity contribution in [1.82, 2.24) is 14.1 Å². The number of rotatable bonds is 5. The molecule has 0 aliphatic heterocycles. The zero-order valence-corrected chi connectivity index (χ0v) is 19.2. The van der Waals surface area contributed by atoms with Crippen molar-refractivity contribution in [2.75, 3.05) is 0 Å². The summed E-state index contributed by atoms with van der Waals surface area (Å²) in [5.74, 6) is -0.240. The Balaban J connectivity index is 1.68. The van der Waals surface area contributed by atoms with Crippen molar-refractivity contribution in [1.29, 1.82) is 0 Å². The Labute approximate surface area is 195 Å². The first-order chi connectivity index (χ1) is 15.9. The predicted octanol–water partition coefficient (Wildman–Crippen LogP) is 6.30. The summed E-state index contributed by atoms with van der Waals surface area (Å²) in [6.07, 6.45) is 1.64. The summed E-state index contributed by atoms with van der Waals surface area (Å²) in [6.45, 7) is 4.98. The van der Waals surface area contributed by atoms with Crippen molar-refractivity contribution >= 4 is 33.5 Å². The number of aromatic nitrogens is 3. The Morgan fingerprint density at radius 1 is 1.06 bits per heavy atom. The number of halogens is 2. The second kappa shape index (κ2) is 8.49. The van der Waals surface area contributed by atoms with Gasteiger partial charge in [0.25, 0.3) is 5.56 Å². The van der Waals surface area contributed by atoms with Crippen molar-refractivity contribution in [3.05, 3.63) is 111 Å². The lowest BCUT2D eigenvalue weighted by atomic mass is 10.0. The van der Waals surface area contributed by atoms with Gasteiger partial charge in [-0.2, -0.15) is 0 Å². The van der Waals surface area contributed by atoms with Gasteiger partial charge < -0.3 is 4.57 Å². The molecule has 0 radical (unpaired) electrons. The standard InChI is InChI=1S/C27H23ClFN3O/c1-17-8-11-24-22(12-17)25-26(32(24)15-20-9-10-21(29)13-23(20)28)27(33)31(16-30-25)14-18(2)19-6-4-3-5-7-19/h3-13,16,18H,14-15H2,1-2H3. The van der Waals surface area contributed by atoms with E-state index in [1.807, 2.05) is 47.9 Å². The van der Waals surface area contributed by atoms with Gasteiger partial charge >= 0.3 is 0 Å². The SMILES string of the molecule is Cc1ccc2c(c1)c1ncn(CC(C)c3ccccc3)c(=O)c1n2Cc1ccc(F)cc1Cl. The molecular weight excluding hydrogens is 437 g/mol. The molecule has 4 nitrogen and oxygen atoms in total. The highest BCUT2D eigenvalue weighted by atomic mass is 35.5. The van der Waals surface area contributed by atoms with E-state index < -0.39 is 0 Å². The first-order valence-electron chi connectivity index (χ1n) is 10.9. The molecule has 0 N–H and O–H groups in total. The molecule has 0 fully saturated rings. The molecule has 0 saturated heterocycles. The quantitative estimate of drug-likeness (QED) is 0.309. The van der Waals surface area contributed by atoms with Gasteiger partial charge in [0.05, 0.1) is 11.8 Å². The van der Waals surface area contributed by atoms with Crippen LogP contribution in [0.3, 0.4) is 0 Å². The van der Waals surface area contributed by atoms with Crippen LogP contribution in [0.1, 0.15) is 29.5 Å². The fraction of sp³-hybridized carbons (Fsp3) is 0.185. The van der Waals surface area contributed by atoms with E-state index in [4.69, 9.17) is 16.6 Å². The summed E-state index contributed by atoms with van der Waals surface area (Å²) in [5, 5.41) is 1.25. The average Bonchev–Trinajstić information content (AvgIpc) is 3.11. The number of nitrogens with zero attached hydrogens (tertiary/aromatic N) is 3. The molecule has 0 spiro atoms. The van der Waals surface area contributed by atoms with Crippen LogP contribution < -0.4 is 5.56 Å². The van der Waals surface area contributed by atoms with Crippen molar-refractivity contribution < 1.29 is 4.39 Å². The van der Waals surface area contributed by atoms with Gasteiger partial charge in [0.1, 0.15) is 16.9 Å². The third-order valence-electron chi connectivity index (χ3n) is 6.16. The summed E-state index contributed by atoms with van der Waals surface area (Å²) in [7, 11) is 0. The summed E-state index contributed by atoms with van der Waals surface area (Å²) in [6, 6.07) is 20.5. The van der Waals surface area contributed by atoms with E-state index >= 15 is 0 Å². The molecule has 0 bridgehead atoms. The molecule has 6 heteroatoms. The fourth-order valence-corrected chi connectivity index (χ4v) is 4.64. The normalized spacial score (nSPS) is 12.5. The number of aryl methyl sites for hydroxylation is 1. The number of fused-ring (bicyclic) bond motifs is 3. The Bertz CT molecular complexity index is 1540. The molecule has 33 heavy (non-hydrogen) atoms. The monoisotopic (exact) mass is 459 g/mol. The lowest BCUT2D eigenvalue weighted by molar-refractivity contribution is 0.575. The highest BCUT2D eigenvalue weighted by molar-refractivity contribution is 6.31. The fourth-order valence-electron chi connectivity index (χ4n) is 4.41. The van der Waals surface area contributed by atoms with E-state index in [1.54, 1.807) is 17.0 Å². The van der Waals surface area contributed by atoms with Crippen LogP contribution in [0.25, 0.3) is 21.9 Å². The molecule has 2 aromatic heterocycles. The van der Waals surface area contributed by atoms with E-state index in [0.717, 1.165) is 22.0 Å². The minimum absolute atomic E-state index is 0.102. The Morgan fingerprint density at radius 3 is 2.61 bits per heavy atom. The van der Waals surface area contributed by atoms with Crippen LogP contribution in [0.15, 0.2) is 77.9 Å². The first-order valence-corrected chi connectivity index (χ1v) is 11.3. The molecule has 0 aliphatic carbocycles. The van der Waals surface area contributed by atoms with E-state index in [1.165, 1.54) is 17.7 Å². The van der Waals surface area contributed by atoms with Crippen molar-refractivity contribution in [2.45, 2.75) is 32.9 Å². The van der Waals surface area contributed by atoms with Gasteiger partial charge in [0, 0.05) is 23.5 Å². The number of benzene rings is 3. The average molecular weight is 460 g/mol. The maximum atomic E-state index is 13.7. The zero-order valence-electron chi connectivity index (χ0n) is 18.4. The van der Waals surface area contributed by atoms with Crippen LogP contribution in [0.5, 0.6) is 0 Å². The minimum atomic E-state index is -0.388. The molecular formula is C27H23ClFN3O. The minimum Gasteiger partial charge on any atom is -0.330 e. The summed E-state index contributed by atoms with van der Waals surface area (Å²) in [5.41, 5.74) is 4.98. The highest BCUT2D eigenvalue weighted by Crippen LogP contribution is 2.29. The highest BCUT2D eigenvalue weighted by Gasteiger charge is 2.19. The molecule has 2 heterocycles. The predicted molar refractivity (Wildman–Crippen MR) is 132 cm³/mol. The second-order valence-corrected chi connectivity index (χ2v) is 8.96. The molecule has 166 valence electrons. The largest absolute Gasteiger partial charge is 0.330 e. The van der Waals surface area contributed by atoms with E-state index in [2.05, 4.69) is 19.1 Å². The molecule has 5 rings (SSSR count). The maximum absolute atomic E-state index is 13.7. The second-order valence-electron chi connectivity index (χ2n) is 8.55. The van der Waals surface area contributed by atoms with Gasteiger partial charge in [-0.15, -0.1) is 0 Å². The van der Waals surface area contributed by atoms with Crippen molar-refractivity contribution in [3.8, 4) is 0 Å². The van der Waals surface area contributed by atoms with Crippen molar-refractivity contribution in [3.63, 3.8) is 0 Å². The summed E-state index contributed by atoms with van der Waals surface area (Å²) < 4.78 is 17.2. The van der Waals surface area contributed by atoms with Gasteiger partial charge in [-0.1, -0.05) is 66.6 Å². The van der Waals surface area contributed by atoms with Crippen LogP contribution in [0.4, 0.5) is 4.39 Å². The van der Waals surface area contributed by atoms with Gasteiger partial charge in [-0.25, -0.2) is 9.37 Å². The smallest absolute Gasteiger partial charge is 0.277 e. The van der Waals surface area contributed by atoms with Gasteiger partial charge in [-0.3, -0.25) is 9.36 Å². The lowest BCUT2D eigenvalue weighted by Crippen LogP contribution is -2.24. The Kier molecular flexibility index (Phi) is 5.51. The van der Waals surface area contributed by atoms with Crippen LogP contribution in [0.2, 0.25) is 5.02 Å². The van der Waals surface area contributed by atoms with Crippen molar-refractivity contribution in [2.24, 2.45) is 0 Å². The molecule has 3 aromatic carbocycles. The zero-order chi connectivity index (χ0) is 23.1. The summed E-state index contributed by atoms with van der Waals surface area (Å²) in [4.78, 5) is 18.4.